The van der Waals surface area contributed by atoms with E-state index in [-0.39, 0.29) is 23.8 Å². The van der Waals surface area contributed by atoms with Crippen molar-refractivity contribution in [2.75, 3.05) is 27.9 Å². The number of hydrogen-bond acceptors (Lipinski definition) is 8. The molecule has 0 fully saturated rings. The van der Waals surface area contributed by atoms with Crippen LogP contribution in [0.2, 0.25) is 0 Å². The van der Waals surface area contributed by atoms with Gasteiger partial charge in [0.1, 0.15) is 0 Å². The molecule has 1 aliphatic rings. The van der Waals surface area contributed by atoms with Gasteiger partial charge in [0.2, 0.25) is 5.89 Å². The lowest BCUT2D eigenvalue weighted by Gasteiger charge is -2.36. The third kappa shape index (κ3) is 4.53. The van der Waals surface area contributed by atoms with Crippen molar-refractivity contribution < 1.29 is 23.5 Å². The zero-order chi connectivity index (χ0) is 21.2. The summed E-state index contributed by atoms with van der Waals surface area (Å²) in [6.45, 7) is 7.32. The van der Waals surface area contributed by atoms with Gasteiger partial charge >= 0.3 is 5.97 Å². The highest BCUT2D eigenvalue weighted by Gasteiger charge is 2.32. The first-order valence-electron chi connectivity index (χ1n) is 9.65. The number of fused-ring (bicyclic) bond motifs is 1. The molecule has 0 bridgehead atoms. The van der Waals surface area contributed by atoms with E-state index in [2.05, 4.69) is 15.0 Å². The number of aromatic nitrogens is 2. The van der Waals surface area contributed by atoms with E-state index < -0.39 is 0 Å². The number of esters is 1. The summed E-state index contributed by atoms with van der Waals surface area (Å²) in [6, 6.07) is 3.76. The lowest BCUT2D eigenvalue weighted by Crippen LogP contribution is -2.36. The Hall–Kier alpha value is -2.61. The molecule has 2 aromatic rings. The summed E-state index contributed by atoms with van der Waals surface area (Å²) in [6.07, 6.45) is 1.04. The summed E-state index contributed by atoms with van der Waals surface area (Å²) in [4.78, 5) is 18.9. The van der Waals surface area contributed by atoms with Crippen LogP contribution in [0.15, 0.2) is 16.7 Å². The molecule has 0 N–H and O–H groups in total. The molecular formula is C21H29N3O5. The third-order valence-electron chi connectivity index (χ3n) is 5.16. The van der Waals surface area contributed by atoms with Gasteiger partial charge in [-0.3, -0.25) is 9.69 Å². The molecule has 1 aliphatic heterocycles. The van der Waals surface area contributed by atoms with Crippen molar-refractivity contribution in [1.82, 2.24) is 15.0 Å². The van der Waals surface area contributed by atoms with Crippen LogP contribution in [0.3, 0.4) is 0 Å². The fourth-order valence-electron chi connectivity index (χ4n) is 3.55. The van der Waals surface area contributed by atoms with Gasteiger partial charge in [-0.2, -0.15) is 4.98 Å². The molecule has 0 amide bonds. The van der Waals surface area contributed by atoms with Crippen LogP contribution in [0.1, 0.15) is 56.1 Å². The van der Waals surface area contributed by atoms with Crippen LogP contribution in [0.5, 0.6) is 11.5 Å². The number of carbonyl (C=O) groups is 1. The molecule has 1 aromatic carbocycles. The van der Waals surface area contributed by atoms with E-state index in [1.165, 1.54) is 7.11 Å². The van der Waals surface area contributed by atoms with Gasteiger partial charge in [-0.25, -0.2) is 0 Å². The largest absolute Gasteiger partial charge is 0.493 e. The van der Waals surface area contributed by atoms with Crippen molar-refractivity contribution in [1.29, 1.82) is 0 Å². The van der Waals surface area contributed by atoms with Crippen molar-refractivity contribution in [2.24, 2.45) is 0 Å². The van der Waals surface area contributed by atoms with Crippen molar-refractivity contribution in [3.05, 3.63) is 35.0 Å². The van der Waals surface area contributed by atoms with Crippen molar-refractivity contribution >= 4 is 5.97 Å². The first kappa shape index (κ1) is 21.1. The average Bonchev–Trinajstić information content (AvgIpc) is 3.17. The first-order valence-corrected chi connectivity index (χ1v) is 9.65. The predicted octanol–water partition coefficient (Wildman–Crippen LogP) is 3.05. The Kier molecular flexibility index (Phi) is 6.12. The minimum absolute atomic E-state index is 0.178. The molecule has 8 heteroatoms. The smallest absolute Gasteiger partial charge is 0.307 e. The van der Waals surface area contributed by atoms with E-state index in [4.69, 9.17) is 18.7 Å². The molecule has 158 valence electrons. The highest BCUT2D eigenvalue weighted by atomic mass is 16.5. The van der Waals surface area contributed by atoms with Gasteiger partial charge in [0.05, 0.1) is 34.3 Å². The molecule has 8 nitrogen and oxygen atoms in total. The molecule has 0 aliphatic carbocycles. The molecule has 0 saturated heterocycles. The van der Waals surface area contributed by atoms with Crippen LogP contribution in [0.25, 0.3) is 0 Å². The van der Waals surface area contributed by atoms with Crippen molar-refractivity contribution in [2.45, 2.75) is 51.6 Å². The maximum absolute atomic E-state index is 12.1. The maximum Gasteiger partial charge on any atom is 0.307 e. The molecule has 2 heterocycles. The van der Waals surface area contributed by atoms with E-state index >= 15 is 0 Å². The highest BCUT2D eigenvalue weighted by molar-refractivity contribution is 5.70. The number of ether oxygens (including phenoxy) is 3. The van der Waals surface area contributed by atoms with Crippen LogP contribution in [0, 0.1) is 0 Å². The van der Waals surface area contributed by atoms with Crippen molar-refractivity contribution in [3.8, 4) is 11.5 Å². The normalized spacial score (nSPS) is 17.0. The van der Waals surface area contributed by atoms with E-state index in [1.54, 1.807) is 14.2 Å². The highest BCUT2D eigenvalue weighted by Crippen LogP contribution is 2.40. The molecule has 0 saturated carbocycles. The Bertz CT molecular complexity index is 872. The van der Waals surface area contributed by atoms with E-state index in [0.717, 1.165) is 24.1 Å². The molecule has 1 atom stereocenters. The fourth-order valence-corrected chi connectivity index (χ4v) is 3.55. The number of benzene rings is 1. The lowest BCUT2D eigenvalue weighted by molar-refractivity contribution is -0.142. The summed E-state index contributed by atoms with van der Waals surface area (Å²) < 4.78 is 21.3. The van der Waals surface area contributed by atoms with Gasteiger partial charge in [-0.15, -0.1) is 0 Å². The number of methoxy groups -OCH3 is 3. The van der Waals surface area contributed by atoms with Gasteiger partial charge in [-0.05, 0) is 29.7 Å². The standard InChI is InChI=1S/C21H29N3O5/c1-21(2,3)20-22-18(23-29-20)12-24-8-7-13-9-16(26-4)17(27-5)10-14(13)15(24)11-19(25)28-6/h9-10,15H,7-8,11-12H2,1-6H3/t15-/m0/s1. The summed E-state index contributed by atoms with van der Waals surface area (Å²) in [5.41, 5.74) is 1.95. The van der Waals surface area contributed by atoms with Gasteiger partial charge < -0.3 is 18.7 Å². The molecule has 1 aromatic heterocycles. The summed E-state index contributed by atoms with van der Waals surface area (Å²) in [5, 5.41) is 4.14. The fraction of sp³-hybridized carbons (Fsp3) is 0.571. The predicted molar refractivity (Wildman–Crippen MR) is 106 cm³/mol. The van der Waals surface area contributed by atoms with Crippen LogP contribution in [-0.2, 0) is 27.9 Å². The van der Waals surface area contributed by atoms with Gasteiger partial charge in [0.25, 0.3) is 0 Å². The summed E-state index contributed by atoms with van der Waals surface area (Å²) >= 11 is 0. The second kappa shape index (κ2) is 8.41. The summed E-state index contributed by atoms with van der Waals surface area (Å²) in [5.74, 6) is 2.25. The Morgan fingerprint density at radius 1 is 1.21 bits per heavy atom. The zero-order valence-electron chi connectivity index (χ0n) is 17.9. The molecule has 29 heavy (non-hydrogen) atoms. The number of hydrogen-bond donors (Lipinski definition) is 0. The van der Waals surface area contributed by atoms with E-state index in [1.807, 2.05) is 32.9 Å². The van der Waals surface area contributed by atoms with Crippen molar-refractivity contribution in [3.63, 3.8) is 0 Å². The molecular weight excluding hydrogens is 374 g/mol. The zero-order valence-corrected chi connectivity index (χ0v) is 17.9. The van der Waals surface area contributed by atoms with Crippen LogP contribution >= 0.6 is 0 Å². The van der Waals surface area contributed by atoms with E-state index in [0.29, 0.717) is 29.8 Å². The second-order valence-corrected chi connectivity index (χ2v) is 8.19. The van der Waals surface area contributed by atoms with Crippen LogP contribution in [0.4, 0.5) is 0 Å². The monoisotopic (exact) mass is 403 g/mol. The Morgan fingerprint density at radius 2 is 1.90 bits per heavy atom. The topological polar surface area (TPSA) is 86.9 Å². The van der Waals surface area contributed by atoms with E-state index in [9.17, 15) is 4.79 Å². The van der Waals surface area contributed by atoms with Gasteiger partial charge in [0.15, 0.2) is 17.3 Å². The molecule has 0 spiro atoms. The van der Waals surface area contributed by atoms with Gasteiger partial charge in [-0.1, -0.05) is 25.9 Å². The molecule has 0 radical (unpaired) electrons. The Morgan fingerprint density at radius 3 is 2.48 bits per heavy atom. The second-order valence-electron chi connectivity index (χ2n) is 8.19. The quantitative estimate of drug-likeness (QED) is 0.680. The number of carbonyl (C=O) groups excluding carboxylic acids is 1. The minimum atomic E-state index is -0.272. The first-order chi connectivity index (χ1) is 13.8. The average molecular weight is 403 g/mol. The summed E-state index contributed by atoms with van der Waals surface area (Å²) in [7, 11) is 4.63. The SMILES string of the molecule is COC(=O)C[C@H]1c2cc(OC)c(OC)cc2CCN1Cc1noc(C(C)(C)C)n1. The maximum atomic E-state index is 12.1. The van der Waals surface area contributed by atoms with Crippen LogP contribution in [-0.4, -0.2) is 48.9 Å². The van der Waals surface area contributed by atoms with Crippen LogP contribution < -0.4 is 9.47 Å². The molecule has 3 rings (SSSR count). The molecule has 0 unspecified atom stereocenters. The third-order valence-corrected chi connectivity index (χ3v) is 5.16. The Balaban J connectivity index is 1.93. The lowest BCUT2D eigenvalue weighted by atomic mass is 9.90. The number of rotatable bonds is 6. The number of nitrogens with zero attached hydrogens (tertiary/aromatic N) is 3. The minimum Gasteiger partial charge on any atom is -0.493 e. The van der Waals surface area contributed by atoms with Gasteiger partial charge in [0, 0.05) is 18.0 Å². The Labute approximate surface area is 171 Å².